The molecule has 1 aliphatic rings. The molecule has 0 N–H and O–H groups in total. The van der Waals surface area contributed by atoms with Gasteiger partial charge in [-0.05, 0) is 18.2 Å². The van der Waals surface area contributed by atoms with Crippen molar-refractivity contribution in [3.63, 3.8) is 0 Å². The van der Waals surface area contributed by atoms with E-state index in [0.29, 0.717) is 5.06 Å². The van der Waals surface area contributed by atoms with E-state index in [1.807, 2.05) is 0 Å². The molecule has 1 aromatic heterocycles. The van der Waals surface area contributed by atoms with Gasteiger partial charge in [-0.1, -0.05) is 23.3 Å². The van der Waals surface area contributed by atoms with Crippen LogP contribution in [0.3, 0.4) is 0 Å². The number of rotatable bonds is 3. The zero-order chi connectivity index (χ0) is 15.7. The maximum atomic E-state index is 12.1. The minimum Gasteiger partial charge on any atom is -0.481 e. The van der Waals surface area contributed by atoms with Crippen LogP contribution in [0.15, 0.2) is 42.5 Å². The summed E-state index contributed by atoms with van der Waals surface area (Å²) in [5, 5.41) is 0.439. The van der Waals surface area contributed by atoms with Crippen molar-refractivity contribution in [2.24, 2.45) is 0 Å². The monoisotopic (exact) mass is 298 g/mol. The molecule has 0 spiro atoms. The Bertz CT molecular complexity index is 752. The van der Waals surface area contributed by atoms with Crippen LogP contribution >= 0.6 is 0 Å². The standard InChI is InChI=1S/C15H10N2O5/c1-21-12-8-4-7-11(16-12)15(20)22-17-13(18)9-5-2-3-6-10(9)14(17)19/h2-8H,1H3. The molecule has 0 saturated heterocycles. The molecule has 2 amide bonds. The number of imide groups is 1. The van der Waals surface area contributed by atoms with Crippen LogP contribution in [0.2, 0.25) is 0 Å². The lowest BCUT2D eigenvalue weighted by Crippen LogP contribution is -2.32. The fraction of sp³-hybridized carbons (Fsp3) is 0.0667. The van der Waals surface area contributed by atoms with Crippen molar-refractivity contribution in [3.8, 4) is 5.88 Å². The topological polar surface area (TPSA) is 85.8 Å². The number of benzene rings is 1. The highest BCUT2D eigenvalue weighted by molar-refractivity contribution is 6.21. The molecule has 2 aromatic rings. The number of hydroxylamine groups is 2. The van der Waals surface area contributed by atoms with E-state index in [1.54, 1.807) is 24.3 Å². The molecular weight excluding hydrogens is 288 g/mol. The molecule has 0 fully saturated rings. The lowest BCUT2D eigenvalue weighted by Gasteiger charge is -2.12. The van der Waals surface area contributed by atoms with Crippen LogP contribution in [-0.2, 0) is 4.84 Å². The molecule has 0 bridgehead atoms. The number of aromatic nitrogens is 1. The van der Waals surface area contributed by atoms with E-state index >= 15 is 0 Å². The smallest absolute Gasteiger partial charge is 0.382 e. The lowest BCUT2D eigenvalue weighted by molar-refractivity contribution is -0.0588. The van der Waals surface area contributed by atoms with Gasteiger partial charge in [0.1, 0.15) is 0 Å². The van der Waals surface area contributed by atoms with Crippen molar-refractivity contribution in [2.45, 2.75) is 0 Å². The Morgan fingerprint density at radius 3 is 2.23 bits per heavy atom. The first-order valence-electron chi connectivity index (χ1n) is 6.33. The Balaban J connectivity index is 1.84. The van der Waals surface area contributed by atoms with Gasteiger partial charge in [0.25, 0.3) is 11.8 Å². The Kier molecular flexibility index (Phi) is 3.30. The molecule has 1 aromatic carbocycles. The first-order chi connectivity index (χ1) is 10.6. The van der Waals surface area contributed by atoms with Gasteiger partial charge in [-0.2, -0.15) is 0 Å². The molecule has 2 heterocycles. The predicted molar refractivity (Wildman–Crippen MR) is 73.1 cm³/mol. The molecule has 7 nitrogen and oxygen atoms in total. The SMILES string of the molecule is COc1cccc(C(=O)ON2C(=O)c3ccccc3C2=O)n1. The quantitative estimate of drug-likeness (QED) is 0.797. The summed E-state index contributed by atoms with van der Waals surface area (Å²) in [4.78, 5) is 45.0. The first-order valence-corrected chi connectivity index (χ1v) is 6.33. The Hall–Kier alpha value is -3.22. The highest BCUT2D eigenvalue weighted by Gasteiger charge is 2.38. The number of pyridine rings is 1. The van der Waals surface area contributed by atoms with Crippen molar-refractivity contribution < 1.29 is 24.0 Å². The molecule has 22 heavy (non-hydrogen) atoms. The molecule has 0 unspecified atom stereocenters. The number of carbonyl (C=O) groups excluding carboxylic acids is 3. The number of hydrogen-bond acceptors (Lipinski definition) is 6. The summed E-state index contributed by atoms with van der Waals surface area (Å²) >= 11 is 0. The summed E-state index contributed by atoms with van der Waals surface area (Å²) in [5.74, 6) is -2.07. The summed E-state index contributed by atoms with van der Waals surface area (Å²) in [5.41, 5.74) is 0.314. The molecule has 0 radical (unpaired) electrons. The largest absolute Gasteiger partial charge is 0.481 e. The van der Waals surface area contributed by atoms with Gasteiger partial charge in [-0.3, -0.25) is 9.59 Å². The third-order valence-electron chi connectivity index (χ3n) is 3.07. The maximum Gasteiger partial charge on any atom is 0.382 e. The summed E-state index contributed by atoms with van der Waals surface area (Å²) in [6.45, 7) is 0. The van der Waals surface area contributed by atoms with E-state index in [9.17, 15) is 14.4 Å². The van der Waals surface area contributed by atoms with Crippen LogP contribution in [0, 0.1) is 0 Å². The van der Waals surface area contributed by atoms with Gasteiger partial charge in [-0.25, -0.2) is 9.78 Å². The highest BCUT2D eigenvalue weighted by Crippen LogP contribution is 2.23. The summed E-state index contributed by atoms with van der Waals surface area (Å²) in [7, 11) is 1.40. The van der Waals surface area contributed by atoms with Crippen molar-refractivity contribution in [3.05, 3.63) is 59.3 Å². The maximum absolute atomic E-state index is 12.1. The number of ether oxygens (including phenoxy) is 1. The number of hydrogen-bond donors (Lipinski definition) is 0. The normalized spacial score (nSPS) is 13.0. The van der Waals surface area contributed by atoms with Crippen molar-refractivity contribution in [2.75, 3.05) is 7.11 Å². The van der Waals surface area contributed by atoms with Gasteiger partial charge in [0, 0.05) is 6.07 Å². The van der Waals surface area contributed by atoms with Crippen LogP contribution in [0.4, 0.5) is 0 Å². The van der Waals surface area contributed by atoms with Gasteiger partial charge < -0.3 is 9.57 Å². The van der Waals surface area contributed by atoms with Crippen molar-refractivity contribution >= 4 is 17.8 Å². The molecule has 110 valence electrons. The fourth-order valence-corrected chi connectivity index (χ4v) is 2.02. The second kappa shape index (κ2) is 5.28. The number of nitrogens with zero attached hydrogens (tertiary/aromatic N) is 2. The average molecular weight is 298 g/mol. The number of carbonyl (C=O) groups is 3. The van der Waals surface area contributed by atoms with Gasteiger partial charge in [0.2, 0.25) is 5.88 Å². The van der Waals surface area contributed by atoms with Crippen molar-refractivity contribution in [1.82, 2.24) is 10.0 Å². The Morgan fingerprint density at radius 1 is 1.00 bits per heavy atom. The van der Waals surface area contributed by atoms with E-state index in [1.165, 1.54) is 25.3 Å². The predicted octanol–water partition coefficient (Wildman–Crippen LogP) is 1.46. The number of methoxy groups -OCH3 is 1. The second-order valence-electron chi connectivity index (χ2n) is 4.39. The fourth-order valence-electron chi connectivity index (χ4n) is 2.02. The van der Waals surface area contributed by atoms with Crippen LogP contribution < -0.4 is 4.74 Å². The van der Waals surface area contributed by atoms with E-state index < -0.39 is 17.8 Å². The van der Waals surface area contributed by atoms with E-state index in [0.717, 1.165) is 0 Å². The van der Waals surface area contributed by atoms with Crippen LogP contribution in [0.5, 0.6) is 5.88 Å². The van der Waals surface area contributed by atoms with E-state index in [2.05, 4.69) is 4.98 Å². The van der Waals surface area contributed by atoms with Gasteiger partial charge in [0.05, 0.1) is 18.2 Å². The molecule has 1 aliphatic heterocycles. The molecule has 7 heteroatoms. The Morgan fingerprint density at radius 2 is 1.64 bits per heavy atom. The molecule has 0 aliphatic carbocycles. The van der Waals surface area contributed by atoms with Gasteiger partial charge >= 0.3 is 5.97 Å². The average Bonchev–Trinajstić information content (AvgIpc) is 2.80. The third kappa shape index (κ3) is 2.18. The van der Waals surface area contributed by atoms with Crippen LogP contribution in [0.25, 0.3) is 0 Å². The minimum atomic E-state index is -0.923. The van der Waals surface area contributed by atoms with Gasteiger partial charge in [0.15, 0.2) is 5.69 Å². The third-order valence-corrected chi connectivity index (χ3v) is 3.07. The highest BCUT2D eigenvalue weighted by atomic mass is 16.7. The number of fused-ring (bicyclic) bond motifs is 1. The first kappa shape index (κ1) is 13.7. The number of amides is 2. The lowest BCUT2D eigenvalue weighted by atomic mass is 10.1. The van der Waals surface area contributed by atoms with E-state index in [-0.39, 0.29) is 22.7 Å². The molecule has 3 rings (SSSR count). The zero-order valence-corrected chi connectivity index (χ0v) is 11.5. The van der Waals surface area contributed by atoms with E-state index in [4.69, 9.17) is 9.57 Å². The molecular formula is C15H10N2O5. The summed E-state index contributed by atoms with van der Waals surface area (Å²) in [6.07, 6.45) is 0. The molecule has 0 atom stereocenters. The van der Waals surface area contributed by atoms with Gasteiger partial charge in [-0.15, -0.1) is 0 Å². The zero-order valence-electron chi connectivity index (χ0n) is 11.5. The summed E-state index contributed by atoms with van der Waals surface area (Å²) in [6, 6.07) is 10.7. The Labute approximate surface area is 125 Å². The minimum absolute atomic E-state index is 0.0732. The van der Waals surface area contributed by atoms with Crippen LogP contribution in [0.1, 0.15) is 31.2 Å². The second-order valence-corrected chi connectivity index (χ2v) is 4.39. The molecule has 0 saturated carbocycles. The van der Waals surface area contributed by atoms with Crippen molar-refractivity contribution in [1.29, 1.82) is 0 Å². The summed E-state index contributed by atoms with van der Waals surface area (Å²) < 4.78 is 4.90. The van der Waals surface area contributed by atoms with Crippen LogP contribution in [-0.4, -0.2) is 34.9 Å².